The van der Waals surface area contributed by atoms with Gasteiger partial charge in [0.1, 0.15) is 0 Å². The summed E-state index contributed by atoms with van der Waals surface area (Å²) in [5.74, 6) is 1.43. The van der Waals surface area contributed by atoms with E-state index in [9.17, 15) is 0 Å². The van der Waals surface area contributed by atoms with Gasteiger partial charge in [-0.05, 0) is 49.8 Å². The van der Waals surface area contributed by atoms with Crippen LogP contribution in [0, 0.1) is 25.7 Å². The molecule has 1 aromatic rings. The maximum Gasteiger partial charge on any atom is 0.00104 e. The van der Waals surface area contributed by atoms with Gasteiger partial charge in [-0.2, -0.15) is 0 Å². The van der Waals surface area contributed by atoms with Crippen molar-refractivity contribution < 1.29 is 0 Å². The van der Waals surface area contributed by atoms with Crippen LogP contribution in [0.3, 0.4) is 0 Å². The average Bonchev–Trinajstić information content (AvgIpc) is 2.28. The number of rotatable bonds is 6. The van der Waals surface area contributed by atoms with E-state index >= 15 is 0 Å². The Kier molecular flexibility index (Phi) is 5.87. The maximum absolute atomic E-state index is 3.58. The SMILES string of the molecule is Cc1ccc(C)c(CC(CNC(C)C)C(C)C)c1. The highest BCUT2D eigenvalue weighted by Gasteiger charge is 2.15. The molecule has 1 N–H and O–H groups in total. The zero-order valence-corrected chi connectivity index (χ0v) is 12.9. The van der Waals surface area contributed by atoms with Crippen LogP contribution in [0.5, 0.6) is 0 Å². The second kappa shape index (κ2) is 6.94. The first-order valence-electron chi connectivity index (χ1n) is 7.19. The van der Waals surface area contributed by atoms with Gasteiger partial charge < -0.3 is 5.32 Å². The largest absolute Gasteiger partial charge is 0.314 e. The molecule has 0 bridgehead atoms. The molecule has 0 radical (unpaired) electrons. The van der Waals surface area contributed by atoms with Crippen LogP contribution in [0.15, 0.2) is 18.2 Å². The minimum absolute atomic E-state index is 0.574. The minimum atomic E-state index is 0.574. The molecule has 0 saturated carbocycles. The lowest BCUT2D eigenvalue weighted by Gasteiger charge is -2.24. The van der Waals surface area contributed by atoms with Crippen molar-refractivity contribution in [2.45, 2.75) is 54.0 Å². The molecule has 102 valence electrons. The Bertz CT molecular complexity index is 366. The number of nitrogens with one attached hydrogen (secondary N) is 1. The molecule has 0 fully saturated rings. The van der Waals surface area contributed by atoms with Crippen molar-refractivity contribution in [3.05, 3.63) is 34.9 Å². The second-order valence-corrected chi connectivity index (χ2v) is 6.20. The van der Waals surface area contributed by atoms with Crippen molar-refractivity contribution in [3.63, 3.8) is 0 Å². The number of hydrogen-bond donors (Lipinski definition) is 1. The van der Waals surface area contributed by atoms with Gasteiger partial charge in [0.25, 0.3) is 0 Å². The standard InChI is InChI=1S/C17H29N/c1-12(2)17(11-18-13(3)4)10-16-9-14(5)7-8-15(16)6/h7-9,12-13,17-18H,10-11H2,1-6H3. The van der Waals surface area contributed by atoms with E-state index in [0.717, 1.165) is 12.5 Å². The molecule has 1 unspecified atom stereocenters. The van der Waals surface area contributed by atoms with Gasteiger partial charge >= 0.3 is 0 Å². The van der Waals surface area contributed by atoms with E-state index < -0.39 is 0 Å². The summed E-state index contributed by atoms with van der Waals surface area (Å²) in [7, 11) is 0. The van der Waals surface area contributed by atoms with Crippen LogP contribution in [0.2, 0.25) is 0 Å². The quantitative estimate of drug-likeness (QED) is 0.797. The average molecular weight is 247 g/mol. The van der Waals surface area contributed by atoms with Crippen LogP contribution < -0.4 is 5.32 Å². The molecule has 1 atom stereocenters. The highest BCUT2D eigenvalue weighted by molar-refractivity contribution is 5.30. The summed E-state index contributed by atoms with van der Waals surface area (Å²) in [4.78, 5) is 0. The fourth-order valence-electron chi connectivity index (χ4n) is 2.23. The molecule has 1 aromatic carbocycles. The van der Waals surface area contributed by atoms with Gasteiger partial charge in [-0.25, -0.2) is 0 Å². The van der Waals surface area contributed by atoms with Crippen molar-refractivity contribution in [1.82, 2.24) is 5.32 Å². The first kappa shape index (κ1) is 15.2. The predicted octanol–water partition coefficient (Wildman–Crippen LogP) is 4.12. The molecule has 0 aromatic heterocycles. The van der Waals surface area contributed by atoms with Crippen molar-refractivity contribution in [2.75, 3.05) is 6.54 Å². The number of benzene rings is 1. The molecule has 0 aliphatic rings. The normalized spacial score (nSPS) is 13.3. The minimum Gasteiger partial charge on any atom is -0.314 e. The summed E-state index contributed by atoms with van der Waals surface area (Å²) in [6.07, 6.45) is 1.19. The molecule has 0 amide bonds. The molecule has 1 nitrogen and oxygen atoms in total. The summed E-state index contributed by atoms with van der Waals surface area (Å²) in [6.45, 7) is 14.6. The molecule has 18 heavy (non-hydrogen) atoms. The van der Waals surface area contributed by atoms with E-state index in [0.29, 0.717) is 12.0 Å². The summed E-state index contributed by atoms with van der Waals surface area (Å²) in [6, 6.07) is 7.37. The Morgan fingerprint density at radius 3 is 2.28 bits per heavy atom. The lowest BCUT2D eigenvalue weighted by atomic mass is 9.87. The van der Waals surface area contributed by atoms with Crippen LogP contribution in [-0.4, -0.2) is 12.6 Å². The van der Waals surface area contributed by atoms with Crippen molar-refractivity contribution in [1.29, 1.82) is 0 Å². The van der Waals surface area contributed by atoms with Gasteiger partial charge in [-0.1, -0.05) is 51.5 Å². The summed E-state index contributed by atoms with van der Waals surface area (Å²) in [5.41, 5.74) is 4.31. The van der Waals surface area contributed by atoms with E-state index in [4.69, 9.17) is 0 Å². The Hall–Kier alpha value is -0.820. The zero-order valence-electron chi connectivity index (χ0n) is 12.9. The molecular formula is C17H29N. The first-order chi connectivity index (χ1) is 8.40. The van der Waals surface area contributed by atoms with Crippen LogP contribution in [-0.2, 0) is 6.42 Å². The lowest BCUT2D eigenvalue weighted by Crippen LogP contribution is -2.32. The lowest BCUT2D eigenvalue weighted by molar-refractivity contribution is 0.348. The molecule has 1 heteroatoms. The summed E-state index contributed by atoms with van der Waals surface area (Å²) < 4.78 is 0. The molecule has 1 rings (SSSR count). The Labute approximate surface area is 113 Å². The topological polar surface area (TPSA) is 12.0 Å². The smallest absolute Gasteiger partial charge is 0.00104 e. The third-order valence-electron chi connectivity index (χ3n) is 3.72. The molecular weight excluding hydrogens is 218 g/mol. The summed E-state index contributed by atoms with van der Waals surface area (Å²) >= 11 is 0. The molecule has 0 aliphatic heterocycles. The highest BCUT2D eigenvalue weighted by Crippen LogP contribution is 2.20. The van der Waals surface area contributed by atoms with Gasteiger partial charge in [-0.15, -0.1) is 0 Å². The van der Waals surface area contributed by atoms with Crippen LogP contribution in [0.1, 0.15) is 44.4 Å². The third-order valence-corrected chi connectivity index (χ3v) is 3.72. The molecule has 0 aliphatic carbocycles. The fourth-order valence-corrected chi connectivity index (χ4v) is 2.23. The molecule has 0 spiro atoms. The van der Waals surface area contributed by atoms with Gasteiger partial charge in [0, 0.05) is 6.04 Å². The Morgan fingerprint density at radius 1 is 1.06 bits per heavy atom. The van der Waals surface area contributed by atoms with Gasteiger partial charge in [-0.3, -0.25) is 0 Å². The molecule has 0 saturated heterocycles. The number of aryl methyl sites for hydroxylation is 2. The molecule has 0 heterocycles. The Morgan fingerprint density at radius 2 is 1.72 bits per heavy atom. The van der Waals surface area contributed by atoms with Crippen molar-refractivity contribution >= 4 is 0 Å². The van der Waals surface area contributed by atoms with E-state index in [1.54, 1.807) is 0 Å². The summed E-state index contributed by atoms with van der Waals surface area (Å²) in [5, 5.41) is 3.58. The van der Waals surface area contributed by atoms with E-state index in [1.807, 2.05) is 0 Å². The third kappa shape index (κ3) is 4.81. The fraction of sp³-hybridized carbons (Fsp3) is 0.647. The van der Waals surface area contributed by atoms with E-state index in [1.165, 1.54) is 23.1 Å². The van der Waals surface area contributed by atoms with Crippen LogP contribution in [0.4, 0.5) is 0 Å². The Balaban J connectivity index is 2.73. The van der Waals surface area contributed by atoms with Gasteiger partial charge in [0.05, 0.1) is 0 Å². The van der Waals surface area contributed by atoms with E-state index in [2.05, 4.69) is 65.1 Å². The zero-order chi connectivity index (χ0) is 13.7. The predicted molar refractivity (Wildman–Crippen MR) is 81.1 cm³/mol. The first-order valence-corrected chi connectivity index (χ1v) is 7.19. The highest BCUT2D eigenvalue weighted by atomic mass is 14.9. The number of hydrogen-bond acceptors (Lipinski definition) is 1. The van der Waals surface area contributed by atoms with Crippen LogP contribution in [0.25, 0.3) is 0 Å². The van der Waals surface area contributed by atoms with Crippen molar-refractivity contribution in [2.24, 2.45) is 11.8 Å². The van der Waals surface area contributed by atoms with Gasteiger partial charge in [0.2, 0.25) is 0 Å². The van der Waals surface area contributed by atoms with Crippen LogP contribution >= 0.6 is 0 Å². The second-order valence-electron chi connectivity index (χ2n) is 6.20. The monoisotopic (exact) mass is 247 g/mol. The van der Waals surface area contributed by atoms with E-state index in [-0.39, 0.29) is 0 Å². The maximum atomic E-state index is 3.58. The van der Waals surface area contributed by atoms with Gasteiger partial charge in [0.15, 0.2) is 0 Å². The van der Waals surface area contributed by atoms with Crippen molar-refractivity contribution in [3.8, 4) is 0 Å².